The van der Waals surface area contributed by atoms with Crippen molar-refractivity contribution in [3.8, 4) is 0 Å². The number of amides is 1. The molecule has 0 bridgehead atoms. The van der Waals surface area contributed by atoms with Crippen molar-refractivity contribution >= 4 is 33.1 Å². The summed E-state index contributed by atoms with van der Waals surface area (Å²) in [6, 6.07) is 16.8. The van der Waals surface area contributed by atoms with E-state index in [9.17, 15) is 22.4 Å². The predicted molar refractivity (Wildman–Crippen MR) is 108 cm³/mol. The van der Waals surface area contributed by atoms with Crippen molar-refractivity contribution in [2.45, 2.75) is 11.8 Å². The number of anilines is 2. The first kappa shape index (κ1) is 20.2. The van der Waals surface area contributed by atoms with E-state index in [1.807, 2.05) is 0 Å². The Balaban J connectivity index is 1.75. The Bertz CT molecular complexity index is 1160. The Labute approximate surface area is 167 Å². The van der Waals surface area contributed by atoms with Crippen LogP contribution in [0.25, 0.3) is 0 Å². The van der Waals surface area contributed by atoms with Crippen molar-refractivity contribution < 1.29 is 22.4 Å². The number of benzene rings is 3. The van der Waals surface area contributed by atoms with Gasteiger partial charge in [0.15, 0.2) is 5.78 Å². The average Bonchev–Trinajstić information content (AvgIpc) is 2.68. The highest BCUT2D eigenvalue weighted by Gasteiger charge is 2.15. The quantitative estimate of drug-likeness (QED) is 0.597. The first-order valence-electron chi connectivity index (χ1n) is 8.55. The lowest BCUT2D eigenvalue weighted by Gasteiger charge is -2.10. The van der Waals surface area contributed by atoms with Gasteiger partial charge in [0, 0.05) is 22.5 Å². The van der Waals surface area contributed by atoms with Crippen LogP contribution >= 0.6 is 0 Å². The lowest BCUT2D eigenvalue weighted by molar-refractivity contribution is 0.101. The smallest absolute Gasteiger partial charge is 0.261 e. The van der Waals surface area contributed by atoms with Crippen LogP contribution in [0.5, 0.6) is 0 Å². The zero-order valence-corrected chi connectivity index (χ0v) is 16.2. The highest BCUT2D eigenvalue weighted by Crippen LogP contribution is 2.19. The van der Waals surface area contributed by atoms with Gasteiger partial charge in [-0.2, -0.15) is 0 Å². The van der Waals surface area contributed by atoms with Gasteiger partial charge >= 0.3 is 0 Å². The van der Waals surface area contributed by atoms with Crippen molar-refractivity contribution in [3.63, 3.8) is 0 Å². The number of carbonyl (C=O) groups is 2. The zero-order chi connectivity index (χ0) is 21.0. The Morgan fingerprint density at radius 1 is 0.828 bits per heavy atom. The summed E-state index contributed by atoms with van der Waals surface area (Å²) in [5.41, 5.74) is 1.45. The van der Waals surface area contributed by atoms with E-state index in [0.29, 0.717) is 11.3 Å². The molecule has 0 aliphatic heterocycles. The predicted octanol–water partition coefficient (Wildman–Crippen LogP) is 4.08. The molecular weight excluding hydrogens is 395 g/mol. The standard InChI is InChI=1S/C21H17FN2O4S/c1-14(25)15-5-9-18(10-6-15)23-21(26)16-3-2-4-19(13-16)24-29(27,28)20-11-7-17(22)8-12-20/h2-13,24H,1H3,(H,23,26). The summed E-state index contributed by atoms with van der Waals surface area (Å²) in [5, 5.41) is 2.68. The van der Waals surface area contributed by atoms with Crippen LogP contribution in [0.3, 0.4) is 0 Å². The normalized spacial score (nSPS) is 11.0. The molecule has 29 heavy (non-hydrogen) atoms. The van der Waals surface area contributed by atoms with Gasteiger partial charge in [-0.05, 0) is 73.7 Å². The molecule has 0 saturated carbocycles. The molecule has 1 amide bonds. The monoisotopic (exact) mass is 412 g/mol. The van der Waals surface area contributed by atoms with Gasteiger partial charge in [0.1, 0.15) is 5.82 Å². The summed E-state index contributed by atoms with van der Waals surface area (Å²) in [6.45, 7) is 1.45. The van der Waals surface area contributed by atoms with Crippen LogP contribution in [0.2, 0.25) is 0 Å². The Morgan fingerprint density at radius 3 is 2.10 bits per heavy atom. The number of nitrogens with one attached hydrogen (secondary N) is 2. The zero-order valence-electron chi connectivity index (χ0n) is 15.3. The van der Waals surface area contributed by atoms with E-state index < -0.39 is 21.7 Å². The molecular formula is C21H17FN2O4S. The maximum Gasteiger partial charge on any atom is 0.261 e. The number of Topliss-reactive ketones (excluding diaryl/α,β-unsaturated/α-hetero) is 1. The summed E-state index contributed by atoms with van der Waals surface area (Å²) >= 11 is 0. The minimum atomic E-state index is -3.92. The van der Waals surface area contributed by atoms with Crippen LogP contribution in [0.4, 0.5) is 15.8 Å². The first-order chi connectivity index (χ1) is 13.7. The lowest BCUT2D eigenvalue weighted by atomic mass is 10.1. The largest absolute Gasteiger partial charge is 0.322 e. The summed E-state index contributed by atoms with van der Waals surface area (Å²) in [4.78, 5) is 23.7. The van der Waals surface area contributed by atoms with E-state index >= 15 is 0 Å². The van der Waals surface area contributed by atoms with Crippen molar-refractivity contribution in [2.75, 3.05) is 10.0 Å². The van der Waals surface area contributed by atoms with Crippen LogP contribution in [0, 0.1) is 5.82 Å². The minimum Gasteiger partial charge on any atom is -0.322 e. The number of halogens is 1. The third kappa shape index (κ3) is 5.05. The molecule has 6 nitrogen and oxygen atoms in total. The summed E-state index contributed by atoms with van der Waals surface area (Å²) in [5.74, 6) is -1.06. The Hall–Kier alpha value is -3.52. The third-order valence-electron chi connectivity index (χ3n) is 4.05. The van der Waals surface area contributed by atoms with Crippen LogP contribution in [-0.2, 0) is 10.0 Å². The number of sulfonamides is 1. The van der Waals surface area contributed by atoms with E-state index in [1.54, 1.807) is 24.3 Å². The topological polar surface area (TPSA) is 92.3 Å². The fourth-order valence-corrected chi connectivity index (χ4v) is 3.59. The number of hydrogen-bond acceptors (Lipinski definition) is 4. The van der Waals surface area contributed by atoms with Gasteiger partial charge in [-0.15, -0.1) is 0 Å². The fourth-order valence-electron chi connectivity index (χ4n) is 2.54. The first-order valence-corrected chi connectivity index (χ1v) is 10.0. The number of hydrogen-bond donors (Lipinski definition) is 2. The third-order valence-corrected chi connectivity index (χ3v) is 5.45. The van der Waals surface area contributed by atoms with Crippen molar-refractivity contribution in [1.29, 1.82) is 0 Å². The molecule has 3 aromatic carbocycles. The second kappa shape index (κ2) is 8.24. The van der Waals surface area contributed by atoms with Gasteiger partial charge in [-0.1, -0.05) is 6.07 Å². The maximum atomic E-state index is 13.0. The Kier molecular flexibility index (Phi) is 5.74. The van der Waals surface area contributed by atoms with E-state index in [-0.39, 0.29) is 21.9 Å². The molecule has 0 aromatic heterocycles. The van der Waals surface area contributed by atoms with Crippen molar-refractivity contribution in [1.82, 2.24) is 0 Å². The Morgan fingerprint density at radius 2 is 1.48 bits per heavy atom. The molecule has 2 N–H and O–H groups in total. The van der Waals surface area contributed by atoms with E-state index in [1.165, 1.54) is 31.2 Å². The lowest BCUT2D eigenvalue weighted by Crippen LogP contribution is -2.15. The molecule has 0 spiro atoms. The van der Waals surface area contributed by atoms with Crippen LogP contribution in [0.15, 0.2) is 77.7 Å². The van der Waals surface area contributed by atoms with E-state index in [0.717, 1.165) is 24.3 Å². The fraction of sp³-hybridized carbons (Fsp3) is 0.0476. The number of ketones is 1. The molecule has 3 rings (SSSR count). The summed E-state index contributed by atoms with van der Waals surface area (Å²) < 4.78 is 40.2. The molecule has 0 saturated heterocycles. The second-order valence-electron chi connectivity index (χ2n) is 6.23. The van der Waals surface area contributed by atoms with Gasteiger partial charge in [0.2, 0.25) is 0 Å². The molecule has 0 unspecified atom stereocenters. The van der Waals surface area contributed by atoms with Gasteiger partial charge in [0.25, 0.3) is 15.9 Å². The molecule has 0 radical (unpaired) electrons. The molecule has 0 heterocycles. The highest BCUT2D eigenvalue weighted by molar-refractivity contribution is 7.92. The van der Waals surface area contributed by atoms with Crippen molar-refractivity contribution in [2.24, 2.45) is 0 Å². The van der Waals surface area contributed by atoms with Gasteiger partial charge < -0.3 is 5.32 Å². The van der Waals surface area contributed by atoms with E-state index in [4.69, 9.17) is 0 Å². The highest BCUT2D eigenvalue weighted by atomic mass is 32.2. The molecule has 8 heteroatoms. The summed E-state index contributed by atoms with van der Waals surface area (Å²) in [6.07, 6.45) is 0. The molecule has 0 aliphatic rings. The minimum absolute atomic E-state index is 0.0796. The summed E-state index contributed by atoms with van der Waals surface area (Å²) in [7, 11) is -3.92. The van der Waals surface area contributed by atoms with Gasteiger partial charge in [-0.3, -0.25) is 14.3 Å². The number of rotatable bonds is 6. The molecule has 148 valence electrons. The SMILES string of the molecule is CC(=O)c1ccc(NC(=O)c2cccc(NS(=O)(=O)c3ccc(F)cc3)c2)cc1. The molecule has 0 aliphatic carbocycles. The molecule has 3 aromatic rings. The van der Waals surface area contributed by atoms with Crippen LogP contribution < -0.4 is 10.0 Å². The van der Waals surface area contributed by atoms with Crippen LogP contribution in [0.1, 0.15) is 27.6 Å². The molecule has 0 atom stereocenters. The van der Waals surface area contributed by atoms with Crippen LogP contribution in [-0.4, -0.2) is 20.1 Å². The van der Waals surface area contributed by atoms with E-state index in [2.05, 4.69) is 10.0 Å². The molecule has 0 fully saturated rings. The number of carbonyl (C=O) groups excluding carboxylic acids is 2. The van der Waals surface area contributed by atoms with Crippen molar-refractivity contribution in [3.05, 3.63) is 89.7 Å². The van der Waals surface area contributed by atoms with Gasteiger partial charge in [-0.25, -0.2) is 12.8 Å². The second-order valence-corrected chi connectivity index (χ2v) is 7.91. The maximum absolute atomic E-state index is 13.0. The average molecular weight is 412 g/mol. The van der Waals surface area contributed by atoms with Gasteiger partial charge in [0.05, 0.1) is 4.90 Å².